The Labute approximate surface area is 178 Å². The third-order valence-corrected chi connectivity index (χ3v) is 6.43. The Morgan fingerprint density at radius 1 is 1.10 bits per heavy atom. The minimum absolute atomic E-state index is 0.197. The predicted molar refractivity (Wildman–Crippen MR) is 119 cm³/mol. The molecule has 0 bridgehead atoms. The van der Waals surface area contributed by atoms with Gasteiger partial charge in [-0.25, -0.2) is 0 Å². The topological polar surface area (TPSA) is 57.0 Å². The van der Waals surface area contributed by atoms with Crippen LogP contribution in [0, 0.1) is 11.8 Å². The minimum atomic E-state index is 0.197. The number of pyridine rings is 1. The Hall–Kier alpha value is -2.53. The van der Waals surface area contributed by atoms with E-state index >= 15 is 0 Å². The number of methoxy groups -OCH3 is 1. The monoisotopic (exact) mass is 405 g/mol. The molecule has 0 atom stereocenters. The molecule has 158 valence electrons. The van der Waals surface area contributed by atoms with Gasteiger partial charge in [-0.2, -0.15) is 5.10 Å². The fraction of sp³-hybridized carbons (Fsp3) is 0.480. The van der Waals surface area contributed by atoms with Crippen LogP contribution in [0.5, 0.6) is 0 Å². The molecule has 1 aliphatic rings. The summed E-state index contributed by atoms with van der Waals surface area (Å²) in [5.74, 6) is 1.30. The number of ether oxygens (including phenoxy) is 1. The maximum atomic E-state index is 12.9. The van der Waals surface area contributed by atoms with Crippen LogP contribution in [0.25, 0.3) is 21.9 Å². The van der Waals surface area contributed by atoms with Crippen molar-refractivity contribution in [2.75, 3.05) is 13.7 Å². The number of aryl methyl sites for hydroxylation is 1. The lowest BCUT2D eigenvalue weighted by molar-refractivity contribution is -0.123. The normalized spacial score (nSPS) is 19.3. The first-order chi connectivity index (χ1) is 14.6. The first-order valence-corrected chi connectivity index (χ1v) is 11.0. The highest BCUT2D eigenvalue weighted by atomic mass is 16.5. The SMILES string of the molecule is COCCCC1CCC(C(=O)Cc2cc3cc(-c4cnn(C)c4)ccc3cn2)CC1. The van der Waals surface area contributed by atoms with Gasteiger partial charge in [0, 0.05) is 62.1 Å². The number of fused-ring (bicyclic) bond motifs is 1. The van der Waals surface area contributed by atoms with Gasteiger partial charge in [-0.15, -0.1) is 0 Å². The lowest BCUT2D eigenvalue weighted by Gasteiger charge is -2.27. The van der Waals surface area contributed by atoms with Gasteiger partial charge < -0.3 is 4.74 Å². The first kappa shape index (κ1) is 20.7. The molecule has 0 radical (unpaired) electrons. The number of ketones is 1. The summed E-state index contributed by atoms with van der Waals surface area (Å²) in [4.78, 5) is 17.5. The van der Waals surface area contributed by atoms with Gasteiger partial charge in [0.2, 0.25) is 0 Å². The van der Waals surface area contributed by atoms with E-state index in [9.17, 15) is 4.79 Å². The van der Waals surface area contributed by atoms with Crippen LogP contribution >= 0.6 is 0 Å². The standard InChI is InChI=1S/C25H31N3O2/c1-28-17-23(16-27-28)20-9-10-21-15-26-24(13-22(21)12-20)14-25(29)19-7-5-18(6-8-19)4-3-11-30-2/h9-10,12-13,15-19H,3-8,11,14H2,1-2H3. The van der Waals surface area contributed by atoms with Crippen LogP contribution in [0.3, 0.4) is 0 Å². The van der Waals surface area contributed by atoms with Crippen molar-refractivity contribution >= 4 is 16.6 Å². The molecule has 1 fully saturated rings. The van der Waals surface area contributed by atoms with E-state index in [1.165, 1.54) is 19.3 Å². The Morgan fingerprint density at radius 3 is 2.67 bits per heavy atom. The molecule has 1 aliphatic carbocycles. The number of carbonyl (C=O) groups excluding carboxylic acids is 1. The van der Waals surface area contributed by atoms with Crippen LogP contribution in [0.1, 0.15) is 44.2 Å². The number of benzene rings is 1. The molecule has 0 spiro atoms. The molecule has 2 aromatic heterocycles. The van der Waals surface area contributed by atoms with Crippen molar-refractivity contribution in [1.29, 1.82) is 0 Å². The number of hydrogen-bond acceptors (Lipinski definition) is 4. The van der Waals surface area contributed by atoms with Gasteiger partial charge >= 0.3 is 0 Å². The summed E-state index contributed by atoms with van der Waals surface area (Å²) in [5, 5.41) is 6.48. The van der Waals surface area contributed by atoms with Crippen LogP contribution in [0.4, 0.5) is 0 Å². The van der Waals surface area contributed by atoms with Crippen LogP contribution in [0.2, 0.25) is 0 Å². The number of rotatable bonds is 8. The molecule has 5 nitrogen and oxygen atoms in total. The van der Waals surface area contributed by atoms with Crippen molar-refractivity contribution in [3.05, 3.63) is 48.5 Å². The fourth-order valence-corrected chi connectivity index (χ4v) is 4.65. The zero-order valence-corrected chi connectivity index (χ0v) is 18.0. The molecule has 0 saturated heterocycles. The molecular formula is C25H31N3O2. The molecule has 5 heteroatoms. The quantitative estimate of drug-likeness (QED) is 0.496. The molecule has 0 aliphatic heterocycles. The molecule has 0 N–H and O–H groups in total. The summed E-state index contributed by atoms with van der Waals surface area (Å²) in [7, 11) is 3.68. The third-order valence-electron chi connectivity index (χ3n) is 6.43. The molecule has 1 aromatic carbocycles. The van der Waals surface area contributed by atoms with Gasteiger partial charge in [0.1, 0.15) is 5.78 Å². The molecule has 4 rings (SSSR count). The molecule has 0 amide bonds. The number of aromatic nitrogens is 3. The van der Waals surface area contributed by atoms with E-state index in [1.807, 2.05) is 30.3 Å². The van der Waals surface area contributed by atoms with E-state index in [4.69, 9.17) is 4.74 Å². The number of carbonyl (C=O) groups is 1. The van der Waals surface area contributed by atoms with Crippen LogP contribution in [-0.4, -0.2) is 34.3 Å². The molecule has 1 saturated carbocycles. The van der Waals surface area contributed by atoms with Gasteiger partial charge in [0.05, 0.1) is 6.20 Å². The highest BCUT2D eigenvalue weighted by Gasteiger charge is 2.26. The molecular weight excluding hydrogens is 374 g/mol. The Balaban J connectivity index is 1.39. The van der Waals surface area contributed by atoms with E-state index in [0.29, 0.717) is 12.2 Å². The fourth-order valence-electron chi connectivity index (χ4n) is 4.65. The van der Waals surface area contributed by atoms with E-state index in [-0.39, 0.29) is 5.92 Å². The number of nitrogens with zero attached hydrogens (tertiary/aromatic N) is 3. The highest BCUT2D eigenvalue weighted by Crippen LogP contribution is 2.33. The summed E-state index contributed by atoms with van der Waals surface area (Å²) in [6.45, 7) is 0.842. The lowest BCUT2D eigenvalue weighted by atomic mass is 9.77. The summed E-state index contributed by atoms with van der Waals surface area (Å²) < 4.78 is 6.97. The Kier molecular flexibility index (Phi) is 6.58. The van der Waals surface area contributed by atoms with Gasteiger partial charge in [-0.3, -0.25) is 14.5 Å². The van der Waals surface area contributed by atoms with Crippen molar-refractivity contribution in [3.63, 3.8) is 0 Å². The van der Waals surface area contributed by atoms with E-state index in [1.54, 1.807) is 7.11 Å². The number of Topliss-reactive ketones (excluding diaryl/α,β-unsaturated/α-hetero) is 1. The van der Waals surface area contributed by atoms with E-state index in [2.05, 4.69) is 34.3 Å². The van der Waals surface area contributed by atoms with Gasteiger partial charge in [-0.1, -0.05) is 12.1 Å². The van der Waals surface area contributed by atoms with Crippen molar-refractivity contribution in [2.24, 2.45) is 18.9 Å². The Morgan fingerprint density at radius 2 is 1.93 bits per heavy atom. The lowest BCUT2D eigenvalue weighted by Crippen LogP contribution is -2.23. The average molecular weight is 406 g/mol. The van der Waals surface area contributed by atoms with Crippen LogP contribution < -0.4 is 0 Å². The first-order valence-electron chi connectivity index (χ1n) is 11.0. The average Bonchev–Trinajstić information content (AvgIpc) is 3.20. The molecule has 3 aromatic rings. The molecule has 0 unspecified atom stereocenters. The van der Waals surface area contributed by atoms with Crippen LogP contribution in [0.15, 0.2) is 42.9 Å². The van der Waals surface area contributed by atoms with E-state index < -0.39 is 0 Å². The second kappa shape index (κ2) is 9.52. The largest absolute Gasteiger partial charge is 0.385 e. The maximum Gasteiger partial charge on any atom is 0.141 e. The van der Waals surface area contributed by atoms with Crippen molar-refractivity contribution < 1.29 is 9.53 Å². The highest BCUT2D eigenvalue weighted by molar-refractivity contribution is 5.88. The molecule has 2 heterocycles. The third kappa shape index (κ3) is 4.96. The maximum absolute atomic E-state index is 12.9. The summed E-state index contributed by atoms with van der Waals surface area (Å²) in [5.41, 5.74) is 3.10. The second-order valence-corrected chi connectivity index (χ2v) is 8.64. The summed E-state index contributed by atoms with van der Waals surface area (Å²) in [6.07, 6.45) is 12.9. The van der Waals surface area contributed by atoms with Crippen molar-refractivity contribution in [1.82, 2.24) is 14.8 Å². The summed E-state index contributed by atoms with van der Waals surface area (Å²) >= 11 is 0. The smallest absolute Gasteiger partial charge is 0.141 e. The zero-order valence-electron chi connectivity index (χ0n) is 18.0. The zero-order chi connectivity index (χ0) is 20.9. The molecule has 30 heavy (non-hydrogen) atoms. The second-order valence-electron chi connectivity index (χ2n) is 8.64. The van der Waals surface area contributed by atoms with E-state index in [0.717, 1.165) is 59.4 Å². The van der Waals surface area contributed by atoms with Crippen LogP contribution in [-0.2, 0) is 23.0 Å². The van der Waals surface area contributed by atoms with Gasteiger partial charge in [-0.05, 0) is 67.5 Å². The van der Waals surface area contributed by atoms with Gasteiger partial charge in [0.15, 0.2) is 0 Å². The van der Waals surface area contributed by atoms with Crippen molar-refractivity contribution in [3.8, 4) is 11.1 Å². The summed E-state index contributed by atoms with van der Waals surface area (Å²) in [6, 6.07) is 8.41. The van der Waals surface area contributed by atoms with Crippen molar-refractivity contribution in [2.45, 2.75) is 44.9 Å². The number of hydrogen-bond donors (Lipinski definition) is 0. The van der Waals surface area contributed by atoms with Gasteiger partial charge in [0.25, 0.3) is 0 Å². The minimum Gasteiger partial charge on any atom is -0.385 e. The Bertz CT molecular complexity index is 1000. The predicted octanol–water partition coefficient (Wildman–Crippen LogP) is 4.98.